The van der Waals surface area contributed by atoms with E-state index in [9.17, 15) is 9.90 Å². The second kappa shape index (κ2) is 14.6. The van der Waals surface area contributed by atoms with E-state index in [-0.39, 0.29) is 47.3 Å². The Kier molecular flexibility index (Phi) is 9.83. The second-order valence-electron chi connectivity index (χ2n) is 13.5. The van der Waals surface area contributed by atoms with E-state index in [1.807, 2.05) is 25.1 Å². The SMILES string of the molecule is CC#Cc1ccc(-c2ccc(C(=O)[C@@H]3CC[C@@H]([C@H](Cc4cccc(O)c4)NC(N)=NC4CCCCC4)[C@@H]4C=c5ccccc5=C[C@H]43)s2)s1. The maximum Gasteiger partial charge on any atom is 0.189 e. The first-order valence-electron chi connectivity index (χ1n) is 17.3. The quantitative estimate of drug-likeness (QED) is 0.0805. The molecule has 2 saturated carbocycles. The van der Waals surface area contributed by atoms with Gasteiger partial charge in [0.1, 0.15) is 5.75 Å². The molecule has 4 N–H and O–H groups in total. The molecule has 5 nitrogen and oxygen atoms in total. The van der Waals surface area contributed by atoms with Gasteiger partial charge in [-0.2, -0.15) is 0 Å². The van der Waals surface area contributed by atoms with Crippen molar-refractivity contribution in [3.8, 4) is 27.3 Å². The molecule has 7 rings (SSSR count). The first kappa shape index (κ1) is 32.4. The van der Waals surface area contributed by atoms with Gasteiger partial charge in [0.15, 0.2) is 11.7 Å². The van der Waals surface area contributed by atoms with Crippen LogP contribution >= 0.6 is 22.7 Å². The van der Waals surface area contributed by atoms with Crippen molar-refractivity contribution in [2.45, 2.75) is 70.4 Å². The zero-order valence-electron chi connectivity index (χ0n) is 27.4. The van der Waals surface area contributed by atoms with Crippen molar-refractivity contribution in [3.63, 3.8) is 0 Å². The van der Waals surface area contributed by atoms with Crippen LogP contribution in [0.25, 0.3) is 21.9 Å². The minimum Gasteiger partial charge on any atom is -0.508 e. The van der Waals surface area contributed by atoms with Crippen LogP contribution in [0.3, 0.4) is 0 Å². The minimum absolute atomic E-state index is 0.00908. The molecule has 0 bridgehead atoms. The average Bonchev–Trinajstić information content (AvgIpc) is 3.77. The number of fused-ring (bicyclic) bond motifs is 2. The van der Waals surface area contributed by atoms with Gasteiger partial charge in [-0.25, -0.2) is 0 Å². The van der Waals surface area contributed by atoms with Gasteiger partial charge >= 0.3 is 0 Å². The number of hydrogen-bond acceptors (Lipinski definition) is 5. The van der Waals surface area contributed by atoms with Gasteiger partial charge in [-0.15, -0.1) is 28.6 Å². The molecule has 2 fully saturated rings. The Morgan fingerprint density at radius 3 is 2.44 bits per heavy atom. The lowest BCUT2D eigenvalue weighted by molar-refractivity contribution is 0.0768. The summed E-state index contributed by atoms with van der Waals surface area (Å²) < 4.78 is 0. The van der Waals surface area contributed by atoms with Crippen molar-refractivity contribution in [1.29, 1.82) is 0 Å². The van der Waals surface area contributed by atoms with Crippen LogP contribution in [-0.4, -0.2) is 28.9 Å². The molecule has 0 saturated heterocycles. The molecule has 0 radical (unpaired) electrons. The lowest BCUT2D eigenvalue weighted by Gasteiger charge is -2.45. The number of Topliss-reactive ketones (excluding diaryl/α,β-unsaturated/α-hetero) is 1. The smallest absolute Gasteiger partial charge is 0.189 e. The Morgan fingerprint density at radius 1 is 0.917 bits per heavy atom. The molecule has 2 heterocycles. The predicted molar refractivity (Wildman–Crippen MR) is 200 cm³/mol. The first-order valence-corrected chi connectivity index (χ1v) is 18.9. The van der Waals surface area contributed by atoms with E-state index in [2.05, 4.69) is 77.8 Å². The summed E-state index contributed by atoms with van der Waals surface area (Å²) in [6, 6.07) is 24.6. The number of thiophene rings is 2. The number of nitrogens with one attached hydrogen (secondary N) is 1. The highest BCUT2D eigenvalue weighted by molar-refractivity contribution is 7.23. The number of phenolic OH excluding ortho intramolecular Hbond substituents is 1. The van der Waals surface area contributed by atoms with Crippen LogP contribution in [0.15, 0.2) is 77.8 Å². The highest BCUT2D eigenvalue weighted by atomic mass is 32.1. The van der Waals surface area contributed by atoms with Crippen molar-refractivity contribution in [1.82, 2.24) is 5.32 Å². The number of guanidine groups is 1. The number of hydrogen-bond donors (Lipinski definition) is 3. The summed E-state index contributed by atoms with van der Waals surface area (Å²) in [6.45, 7) is 1.85. The number of phenols is 1. The molecule has 5 atom stereocenters. The summed E-state index contributed by atoms with van der Waals surface area (Å²) in [7, 11) is 0. The van der Waals surface area contributed by atoms with Crippen molar-refractivity contribution in [3.05, 3.63) is 98.6 Å². The van der Waals surface area contributed by atoms with Crippen molar-refractivity contribution < 1.29 is 9.90 Å². The third kappa shape index (κ3) is 7.16. The predicted octanol–water partition coefficient (Wildman–Crippen LogP) is 7.12. The highest BCUT2D eigenvalue weighted by Crippen LogP contribution is 2.46. The Labute approximate surface area is 291 Å². The standard InChI is InChI=1S/C41H43N3O2S2/c1-2-9-31-16-19-37(47-31)38-20-21-39(48-38)40(46)33-18-17-32(34-24-27-11-6-7-12-28(27)25-35(33)34)36(23-26-10-8-15-30(45)22-26)44-41(42)43-29-13-4-3-5-14-29/h6-8,10-12,15-16,19-22,24-25,29,32-36,45H,3-5,13-14,17-18,23H2,1H3,(H3,42,43,44)/t32-,33-,34+,35+,36+/m1/s1. The maximum atomic E-state index is 14.4. The fourth-order valence-electron chi connectivity index (χ4n) is 8.10. The lowest BCUT2D eigenvalue weighted by atomic mass is 9.61. The van der Waals surface area contributed by atoms with E-state index in [1.165, 1.54) is 29.7 Å². The highest BCUT2D eigenvalue weighted by Gasteiger charge is 2.44. The summed E-state index contributed by atoms with van der Waals surface area (Å²) in [5.41, 5.74) is 7.73. The summed E-state index contributed by atoms with van der Waals surface area (Å²) in [5, 5.41) is 16.4. The Bertz CT molecular complexity index is 1990. The van der Waals surface area contributed by atoms with Crippen LogP contribution in [0.1, 0.15) is 72.0 Å². The van der Waals surface area contributed by atoms with Gasteiger partial charge in [0.25, 0.3) is 0 Å². The number of nitrogens with two attached hydrogens (primary N) is 1. The normalized spacial score (nSPS) is 23.0. The Hall–Kier alpha value is -4.12. The Morgan fingerprint density at radius 2 is 1.67 bits per heavy atom. The van der Waals surface area contributed by atoms with Crippen molar-refractivity contribution in [2.75, 3.05) is 0 Å². The third-order valence-corrected chi connectivity index (χ3v) is 12.6. The van der Waals surface area contributed by atoms with E-state index < -0.39 is 0 Å². The number of aliphatic imine (C=N–C) groups is 1. The van der Waals surface area contributed by atoms with E-state index in [0.717, 1.165) is 50.8 Å². The van der Waals surface area contributed by atoms with E-state index in [1.54, 1.807) is 28.7 Å². The van der Waals surface area contributed by atoms with Gasteiger partial charge in [0.2, 0.25) is 0 Å². The fourth-order valence-corrected chi connectivity index (χ4v) is 10.1. The minimum atomic E-state index is -0.109. The summed E-state index contributed by atoms with van der Waals surface area (Å²) in [5.74, 6) is 7.46. The van der Waals surface area contributed by atoms with Gasteiger partial charge in [0.05, 0.1) is 15.8 Å². The van der Waals surface area contributed by atoms with Crippen LogP contribution < -0.4 is 21.5 Å². The molecule has 0 unspecified atom stereocenters. The number of carbonyl (C=O) groups excluding carboxylic acids is 1. The summed E-state index contributed by atoms with van der Waals surface area (Å²) >= 11 is 3.27. The molecule has 0 amide bonds. The maximum absolute atomic E-state index is 14.4. The van der Waals surface area contributed by atoms with Crippen molar-refractivity contribution in [2.24, 2.45) is 34.4 Å². The van der Waals surface area contributed by atoms with E-state index in [4.69, 9.17) is 10.7 Å². The lowest BCUT2D eigenvalue weighted by Crippen LogP contribution is -2.52. The van der Waals surface area contributed by atoms with Crippen LogP contribution in [-0.2, 0) is 6.42 Å². The van der Waals surface area contributed by atoms with Crippen molar-refractivity contribution >= 4 is 46.6 Å². The first-order chi connectivity index (χ1) is 23.4. The molecule has 3 aliphatic rings. The molecule has 0 spiro atoms. The molecule has 246 valence electrons. The molecule has 7 heteroatoms. The van der Waals surface area contributed by atoms with E-state index >= 15 is 0 Å². The number of ketones is 1. The molecular weight excluding hydrogens is 631 g/mol. The fraction of sp³-hybridized carbons (Fsp3) is 0.366. The molecule has 0 aliphatic heterocycles. The van der Waals surface area contributed by atoms with Gasteiger partial charge in [0, 0.05) is 21.7 Å². The molecular formula is C41H43N3O2S2. The number of carbonyl (C=O) groups is 1. The zero-order valence-corrected chi connectivity index (χ0v) is 29.0. The third-order valence-electron chi connectivity index (χ3n) is 10.3. The topological polar surface area (TPSA) is 87.7 Å². The zero-order chi connectivity index (χ0) is 33.0. The summed E-state index contributed by atoms with van der Waals surface area (Å²) in [4.78, 5) is 23.5. The largest absolute Gasteiger partial charge is 0.508 e. The van der Waals surface area contributed by atoms with Crippen LogP contribution in [0.2, 0.25) is 0 Å². The molecule has 4 aromatic rings. The number of benzene rings is 2. The molecule has 2 aromatic carbocycles. The number of nitrogens with zero attached hydrogens (tertiary/aromatic N) is 1. The molecule has 2 aromatic heterocycles. The van der Waals surface area contributed by atoms with Crippen LogP contribution in [0.5, 0.6) is 5.75 Å². The van der Waals surface area contributed by atoms with Gasteiger partial charge < -0.3 is 16.2 Å². The molecule has 3 aliphatic carbocycles. The van der Waals surface area contributed by atoms with Gasteiger partial charge in [-0.3, -0.25) is 9.79 Å². The second-order valence-corrected chi connectivity index (χ2v) is 15.6. The van der Waals surface area contributed by atoms with Crippen LogP contribution in [0.4, 0.5) is 0 Å². The van der Waals surface area contributed by atoms with E-state index in [0.29, 0.717) is 12.4 Å². The van der Waals surface area contributed by atoms with Gasteiger partial charge in [-0.1, -0.05) is 73.7 Å². The summed E-state index contributed by atoms with van der Waals surface area (Å²) in [6.07, 6.45) is 13.0. The Balaban J connectivity index is 1.20. The molecule has 48 heavy (non-hydrogen) atoms. The number of aromatic hydroxyl groups is 1. The number of rotatable bonds is 8. The van der Waals surface area contributed by atoms with Gasteiger partial charge in [-0.05, 0) is 109 Å². The average molecular weight is 674 g/mol. The van der Waals surface area contributed by atoms with Crippen LogP contribution in [0, 0.1) is 35.5 Å². The monoisotopic (exact) mass is 673 g/mol.